The van der Waals surface area contributed by atoms with Crippen molar-refractivity contribution in [1.29, 1.82) is 0 Å². The van der Waals surface area contributed by atoms with Crippen molar-refractivity contribution in [1.82, 2.24) is 0 Å². The van der Waals surface area contributed by atoms with Crippen LogP contribution in [0.2, 0.25) is 0 Å². The Morgan fingerprint density at radius 2 is 1.80 bits per heavy atom. The van der Waals surface area contributed by atoms with Crippen LogP contribution < -0.4 is 4.74 Å². The van der Waals surface area contributed by atoms with Crippen molar-refractivity contribution in [3.63, 3.8) is 0 Å². The topological polar surface area (TPSA) is 64.7 Å². The third-order valence-corrected chi connectivity index (χ3v) is 2.78. The van der Waals surface area contributed by atoms with Crippen molar-refractivity contribution >= 4 is 11.9 Å². The van der Waals surface area contributed by atoms with Crippen molar-refractivity contribution in [2.75, 3.05) is 7.11 Å². The summed E-state index contributed by atoms with van der Waals surface area (Å²) in [7, 11) is 1.63. The molecule has 0 aliphatic carbocycles. The van der Waals surface area contributed by atoms with Crippen molar-refractivity contribution in [2.24, 2.45) is 4.99 Å². The molecule has 0 heterocycles. The zero-order chi connectivity index (χ0) is 14.4. The molecule has 0 unspecified atom stereocenters. The SMILES string of the molecule is COc1ccc(CN=Cc2ccc([N+](=O)[O-])cc2)cc1. The number of non-ortho nitro benzene ring substituents is 1. The Balaban J connectivity index is 1.96. The molecule has 0 atom stereocenters. The third-order valence-electron chi connectivity index (χ3n) is 2.78. The minimum atomic E-state index is -0.418. The first-order valence-electron chi connectivity index (χ1n) is 6.06. The lowest BCUT2D eigenvalue weighted by atomic mass is 10.2. The smallest absolute Gasteiger partial charge is 0.269 e. The predicted octanol–water partition coefficient (Wildman–Crippen LogP) is 3.22. The number of methoxy groups -OCH3 is 1. The number of nitrogens with zero attached hydrogens (tertiary/aromatic N) is 2. The monoisotopic (exact) mass is 270 g/mol. The van der Waals surface area contributed by atoms with Crippen LogP contribution in [0.4, 0.5) is 5.69 Å². The number of rotatable bonds is 5. The Labute approximate surface area is 116 Å². The lowest BCUT2D eigenvalue weighted by Crippen LogP contribution is -1.89. The molecule has 0 amide bonds. The van der Waals surface area contributed by atoms with Crippen molar-refractivity contribution in [2.45, 2.75) is 6.54 Å². The van der Waals surface area contributed by atoms with Crippen LogP contribution in [0.15, 0.2) is 53.5 Å². The van der Waals surface area contributed by atoms with E-state index in [0.717, 1.165) is 16.9 Å². The van der Waals surface area contributed by atoms with Gasteiger partial charge in [-0.1, -0.05) is 12.1 Å². The van der Waals surface area contributed by atoms with Gasteiger partial charge in [0.15, 0.2) is 0 Å². The van der Waals surface area contributed by atoms with E-state index in [4.69, 9.17) is 4.74 Å². The molecule has 0 N–H and O–H groups in total. The first-order valence-corrected chi connectivity index (χ1v) is 6.06. The molecule has 0 bridgehead atoms. The Hall–Kier alpha value is -2.69. The molecule has 0 saturated carbocycles. The largest absolute Gasteiger partial charge is 0.497 e. The van der Waals surface area contributed by atoms with Crippen molar-refractivity contribution in [3.8, 4) is 5.75 Å². The van der Waals surface area contributed by atoms with Gasteiger partial charge < -0.3 is 4.74 Å². The molecule has 102 valence electrons. The van der Waals surface area contributed by atoms with Crippen LogP contribution in [-0.2, 0) is 6.54 Å². The summed E-state index contributed by atoms with van der Waals surface area (Å²) in [4.78, 5) is 14.4. The van der Waals surface area contributed by atoms with Crippen LogP contribution >= 0.6 is 0 Å². The standard InChI is InChI=1S/C15H14N2O3/c1-20-15-8-4-13(5-9-15)11-16-10-12-2-6-14(7-3-12)17(18)19/h2-10H,11H2,1H3. The first kappa shape index (κ1) is 13.7. The summed E-state index contributed by atoms with van der Waals surface area (Å²) < 4.78 is 5.08. The highest BCUT2D eigenvalue weighted by molar-refractivity contribution is 5.79. The quantitative estimate of drug-likeness (QED) is 0.476. The summed E-state index contributed by atoms with van der Waals surface area (Å²) >= 11 is 0. The number of ether oxygens (including phenoxy) is 1. The minimum absolute atomic E-state index is 0.0808. The van der Waals surface area contributed by atoms with E-state index < -0.39 is 4.92 Å². The normalized spacial score (nSPS) is 10.7. The van der Waals surface area contributed by atoms with Crippen LogP contribution in [0.5, 0.6) is 5.75 Å². The summed E-state index contributed by atoms with van der Waals surface area (Å²) in [6.07, 6.45) is 1.70. The maximum atomic E-state index is 10.5. The first-order chi connectivity index (χ1) is 9.69. The minimum Gasteiger partial charge on any atom is -0.497 e. The Morgan fingerprint density at radius 3 is 2.35 bits per heavy atom. The highest BCUT2D eigenvalue weighted by atomic mass is 16.6. The summed E-state index contributed by atoms with van der Waals surface area (Å²) in [5.74, 6) is 0.813. The molecule has 0 aromatic heterocycles. The van der Waals surface area contributed by atoms with E-state index in [2.05, 4.69) is 4.99 Å². The molecule has 0 aliphatic rings. The number of nitro groups is 1. The van der Waals surface area contributed by atoms with Gasteiger partial charge in [-0.2, -0.15) is 0 Å². The molecule has 20 heavy (non-hydrogen) atoms. The third kappa shape index (κ3) is 3.65. The van der Waals surface area contributed by atoms with Gasteiger partial charge in [0.25, 0.3) is 5.69 Å². The molecule has 5 nitrogen and oxygen atoms in total. The van der Waals surface area contributed by atoms with E-state index in [1.165, 1.54) is 12.1 Å². The van der Waals surface area contributed by atoms with Gasteiger partial charge in [-0.15, -0.1) is 0 Å². The lowest BCUT2D eigenvalue weighted by Gasteiger charge is -2.00. The van der Waals surface area contributed by atoms with E-state index in [-0.39, 0.29) is 5.69 Å². The van der Waals surface area contributed by atoms with Gasteiger partial charge in [-0.3, -0.25) is 15.1 Å². The molecule has 2 aromatic carbocycles. The summed E-state index contributed by atoms with van der Waals surface area (Å²) in [5, 5.41) is 10.5. The Morgan fingerprint density at radius 1 is 1.15 bits per heavy atom. The van der Waals surface area contributed by atoms with E-state index in [9.17, 15) is 10.1 Å². The molecular formula is C15H14N2O3. The summed E-state index contributed by atoms with van der Waals surface area (Å²) in [5.41, 5.74) is 1.99. The maximum Gasteiger partial charge on any atom is 0.269 e. The second kappa shape index (κ2) is 6.47. The summed E-state index contributed by atoms with van der Waals surface area (Å²) in [6.45, 7) is 0.557. The number of aliphatic imine (C=N–C) groups is 1. The van der Waals surface area contributed by atoms with Crippen LogP contribution in [0.3, 0.4) is 0 Å². The average Bonchev–Trinajstić information content (AvgIpc) is 2.48. The van der Waals surface area contributed by atoms with Gasteiger partial charge in [0.05, 0.1) is 18.6 Å². The van der Waals surface area contributed by atoms with E-state index in [0.29, 0.717) is 6.54 Å². The lowest BCUT2D eigenvalue weighted by molar-refractivity contribution is -0.384. The number of benzene rings is 2. The van der Waals surface area contributed by atoms with E-state index in [1.54, 1.807) is 25.5 Å². The molecule has 0 saturated heterocycles. The fourth-order valence-electron chi connectivity index (χ4n) is 1.67. The fourth-order valence-corrected chi connectivity index (χ4v) is 1.67. The molecule has 2 rings (SSSR count). The fraction of sp³-hybridized carbons (Fsp3) is 0.133. The number of hydrogen-bond acceptors (Lipinski definition) is 4. The van der Waals surface area contributed by atoms with Gasteiger partial charge in [0.1, 0.15) is 5.75 Å². The van der Waals surface area contributed by atoms with Gasteiger partial charge in [-0.25, -0.2) is 0 Å². The van der Waals surface area contributed by atoms with Gasteiger partial charge in [-0.05, 0) is 35.4 Å². The Kier molecular flexibility index (Phi) is 4.44. The van der Waals surface area contributed by atoms with E-state index >= 15 is 0 Å². The molecule has 5 heteroatoms. The average molecular weight is 270 g/mol. The van der Waals surface area contributed by atoms with Crippen LogP contribution in [0.1, 0.15) is 11.1 Å². The van der Waals surface area contributed by atoms with Crippen LogP contribution in [0.25, 0.3) is 0 Å². The highest BCUT2D eigenvalue weighted by Gasteiger charge is 2.02. The zero-order valence-electron chi connectivity index (χ0n) is 11.0. The summed E-state index contributed by atoms with van der Waals surface area (Å²) in [6, 6.07) is 14.0. The molecule has 0 radical (unpaired) electrons. The molecule has 2 aromatic rings. The van der Waals surface area contributed by atoms with E-state index in [1.807, 2.05) is 24.3 Å². The van der Waals surface area contributed by atoms with Crippen LogP contribution in [-0.4, -0.2) is 18.2 Å². The second-order valence-corrected chi connectivity index (χ2v) is 4.17. The molecule has 0 aliphatic heterocycles. The van der Waals surface area contributed by atoms with Gasteiger partial charge in [0, 0.05) is 18.3 Å². The highest BCUT2D eigenvalue weighted by Crippen LogP contribution is 2.13. The Bertz CT molecular complexity index is 604. The molecule has 0 fully saturated rings. The number of nitro benzene ring substituents is 1. The van der Waals surface area contributed by atoms with Gasteiger partial charge >= 0.3 is 0 Å². The second-order valence-electron chi connectivity index (χ2n) is 4.17. The molecular weight excluding hydrogens is 256 g/mol. The maximum absolute atomic E-state index is 10.5. The predicted molar refractivity (Wildman–Crippen MR) is 77.4 cm³/mol. The van der Waals surface area contributed by atoms with Crippen molar-refractivity contribution in [3.05, 3.63) is 69.8 Å². The molecule has 0 spiro atoms. The zero-order valence-corrected chi connectivity index (χ0v) is 11.0. The van der Waals surface area contributed by atoms with Crippen molar-refractivity contribution < 1.29 is 9.66 Å². The van der Waals surface area contributed by atoms with Gasteiger partial charge in [0.2, 0.25) is 0 Å². The number of hydrogen-bond donors (Lipinski definition) is 0. The van der Waals surface area contributed by atoms with Crippen LogP contribution in [0, 0.1) is 10.1 Å².